The molecule has 2 aromatic rings. The van der Waals surface area contributed by atoms with Crippen LogP contribution in [0.2, 0.25) is 0 Å². The van der Waals surface area contributed by atoms with E-state index in [2.05, 4.69) is 5.32 Å². The molecule has 0 bridgehead atoms. The van der Waals surface area contributed by atoms with E-state index in [0.717, 1.165) is 28.1 Å². The van der Waals surface area contributed by atoms with Crippen molar-refractivity contribution in [2.75, 3.05) is 30.3 Å². The van der Waals surface area contributed by atoms with Crippen molar-refractivity contribution in [2.24, 2.45) is 0 Å². The summed E-state index contributed by atoms with van der Waals surface area (Å²) < 4.78 is 36.7. The number of carbonyl (C=O) groups is 1. The van der Waals surface area contributed by atoms with Crippen molar-refractivity contribution < 1.29 is 22.7 Å². The molecule has 30 heavy (non-hydrogen) atoms. The molecule has 0 aliphatic rings. The van der Waals surface area contributed by atoms with E-state index in [0.29, 0.717) is 30.4 Å². The van der Waals surface area contributed by atoms with Gasteiger partial charge in [-0.05, 0) is 55.7 Å². The Hall–Kier alpha value is -2.74. The SMILES string of the molecule is CCOc1ccc(CNC(=O)CN(c2ccc(CC)cc2)S(C)(=O)=O)cc1OCC. The molecule has 0 spiro atoms. The molecule has 2 rings (SSSR count). The minimum absolute atomic E-state index is 0.248. The zero-order valence-electron chi connectivity index (χ0n) is 18.0. The Morgan fingerprint density at radius 1 is 0.933 bits per heavy atom. The molecule has 0 saturated heterocycles. The second-order valence-electron chi connectivity index (χ2n) is 6.71. The molecule has 7 nitrogen and oxygen atoms in total. The molecule has 2 aromatic carbocycles. The van der Waals surface area contributed by atoms with Crippen LogP contribution in [0.1, 0.15) is 31.9 Å². The van der Waals surface area contributed by atoms with Gasteiger partial charge in [-0.1, -0.05) is 25.1 Å². The maximum Gasteiger partial charge on any atom is 0.241 e. The lowest BCUT2D eigenvalue weighted by Gasteiger charge is -2.22. The lowest BCUT2D eigenvalue weighted by atomic mass is 10.1. The van der Waals surface area contributed by atoms with Gasteiger partial charge in [0, 0.05) is 6.54 Å². The number of hydrogen-bond acceptors (Lipinski definition) is 5. The summed E-state index contributed by atoms with van der Waals surface area (Å²) in [5, 5.41) is 2.77. The summed E-state index contributed by atoms with van der Waals surface area (Å²) in [4.78, 5) is 12.5. The van der Waals surface area contributed by atoms with Crippen molar-refractivity contribution >= 4 is 21.6 Å². The Labute approximate surface area is 179 Å². The second kappa shape index (κ2) is 10.9. The van der Waals surface area contributed by atoms with Crippen LogP contribution in [0.5, 0.6) is 11.5 Å². The number of amides is 1. The zero-order valence-corrected chi connectivity index (χ0v) is 18.8. The van der Waals surface area contributed by atoms with Crippen LogP contribution < -0.4 is 19.1 Å². The lowest BCUT2D eigenvalue weighted by Crippen LogP contribution is -2.40. The van der Waals surface area contributed by atoms with Crippen LogP contribution in [-0.4, -0.2) is 40.3 Å². The normalized spacial score (nSPS) is 11.1. The summed E-state index contributed by atoms with van der Waals surface area (Å²) in [6.07, 6.45) is 1.94. The number of anilines is 1. The molecular formula is C22H30N2O5S. The number of carbonyl (C=O) groups excluding carboxylic acids is 1. The minimum atomic E-state index is -3.61. The highest BCUT2D eigenvalue weighted by atomic mass is 32.2. The number of rotatable bonds is 11. The van der Waals surface area contributed by atoms with Gasteiger partial charge in [-0.25, -0.2) is 8.42 Å². The first-order chi connectivity index (χ1) is 14.3. The van der Waals surface area contributed by atoms with Gasteiger partial charge in [0.1, 0.15) is 6.54 Å². The van der Waals surface area contributed by atoms with E-state index in [1.807, 2.05) is 45.0 Å². The van der Waals surface area contributed by atoms with Crippen LogP contribution in [-0.2, 0) is 27.8 Å². The molecule has 0 atom stereocenters. The Balaban J connectivity index is 2.07. The Morgan fingerprint density at radius 2 is 1.53 bits per heavy atom. The predicted molar refractivity (Wildman–Crippen MR) is 119 cm³/mol. The lowest BCUT2D eigenvalue weighted by molar-refractivity contribution is -0.119. The molecular weight excluding hydrogens is 404 g/mol. The van der Waals surface area contributed by atoms with Gasteiger partial charge in [0.05, 0.1) is 25.2 Å². The molecule has 0 heterocycles. The first-order valence-electron chi connectivity index (χ1n) is 10.00. The summed E-state index contributed by atoms with van der Waals surface area (Å²) in [5.41, 5.74) is 2.38. The topological polar surface area (TPSA) is 84.9 Å². The van der Waals surface area contributed by atoms with Crippen molar-refractivity contribution in [1.29, 1.82) is 0 Å². The van der Waals surface area contributed by atoms with Gasteiger partial charge < -0.3 is 14.8 Å². The molecule has 1 amide bonds. The van der Waals surface area contributed by atoms with Crippen LogP contribution in [0.4, 0.5) is 5.69 Å². The molecule has 0 aliphatic carbocycles. The van der Waals surface area contributed by atoms with E-state index < -0.39 is 15.9 Å². The molecule has 8 heteroatoms. The van der Waals surface area contributed by atoms with E-state index >= 15 is 0 Å². The first-order valence-corrected chi connectivity index (χ1v) is 11.8. The van der Waals surface area contributed by atoms with Crippen molar-refractivity contribution in [3.8, 4) is 11.5 Å². The first kappa shape index (κ1) is 23.5. The third-order valence-corrected chi connectivity index (χ3v) is 5.56. The summed E-state index contributed by atoms with van der Waals surface area (Å²) in [7, 11) is -3.61. The third kappa shape index (κ3) is 6.66. The average Bonchev–Trinajstić information content (AvgIpc) is 2.72. The average molecular weight is 435 g/mol. The maximum absolute atomic E-state index is 12.5. The number of nitrogens with one attached hydrogen (secondary N) is 1. The number of hydrogen-bond donors (Lipinski definition) is 1. The second-order valence-corrected chi connectivity index (χ2v) is 8.62. The van der Waals surface area contributed by atoms with Gasteiger partial charge in [-0.3, -0.25) is 9.10 Å². The molecule has 0 saturated carbocycles. The third-order valence-electron chi connectivity index (χ3n) is 4.42. The van der Waals surface area contributed by atoms with Crippen molar-refractivity contribution in [3.05, 3.63) is 53.6 Å². The predicted octanol–water partition coefficient (Wildman–Crippen LogP) is 3.13. The Bertz CT molecular complexity index is 943. The summed E-state index contributed by atoms with van der Waals surface area (Å²) in [6.45, 7) is 6.78. The van der Waals surface area contributed by atoms with E-state index in [-0.39, 0.29) is 13.1 Å². The van der Waals surface area contributed by atoms with Gasteiger partial charge in [-0.2, -0.15) is 0 Å². The number of ether oxygens (including phenoxy) is 2. The molecule has 164 valence electrons. The molecule has 1 N–H and O–H groups in total. The number of sulfonamides is 1. The quantitative estimate of drug-likeness (QED) is 0.587. The molecule has 0 aromatic heterocycles. The number of benzene rings is 2. The van der Waals surface area contributed by atoms with E-state index in [9.17, 15) is 13.2 Å². The molecule has 0 unspecified atom stereocenters. The largest absolute Gasteiger partial charge is 0.490 e. The van der Waals surface area contributed by atoms with Crippen LogP contribution in [0.25, 0.3) is 0 Å². The maximum atomic E-state index is 12.5. The van der Waals surface area contributed by atoms with E-state index in [1.54, 1.807) is 18.2 Å². The highest BCUT2D eigenvalue weighted by Crippen LogP contribution is 2.28. The summed E-state index contributed by atoms with van der Waals surface area (Å²) in [5.74, 6) is 0.861. The fourth-order valence-corrected chi connectivity index (χ4v) is 3.75. The van der Waals surface area contributed by atoms with Crippen molar-refractivity contribution in [2.45, 2.75) is 33.7 Å². The van der Waals surface area contributed by atoms with Crippen molar-refractivity contribution in [1.82, 2.24) is 5.32 Å². The van der Waals surface area contributed by atoms with Gasteiger partial charge in [0.15, 0.2) is 11.5 Å². The minimum Gasteiger partial charge on any atom is -0.490 e. The monoisotopic (exact) mass is 434 g/mol. The van der Waals surface area contributed by atoms with Gasteiger partial charge in [-0.15, -0.1) is 0 Å². The van der Waals surface area contributed by atoms with E-state index in [4.69, 9.17) is 9.47 Å². The van der Waals surface area contributed by atoms with Gasteiger partial charge in [0.2, 0.25) is 15.9 Å². The zero-order chi connectivity index (χ0) is 22.1. The van der Waals surface area contributed by atoms with Crippen LogP contribution in [0.15, 0.2) is 42.5 Å². The highest BCUT2D eigenvalue weighted by molar-refractivity contribution is 7.92. The fraction of sp³-hybridized carbons (Fsp3) is 0.409. The van der Waals surface area contributed by atoms with Crippen LogP contribution in [0.3, 0.4) is 0 Å². The van der Waals surface area contributed by atoms with E-state index in [1.165, 1.54) is 0 Å². The molecule has 0 aliphatic heterocycles. The number of nitrogens with zero attached hydrogens (tertiary/aromatic N) is 1. The molecule has 0 fully saturated rings. The Kier molecular flexibility index (Phi) is 8.53. The van der Waals surface area contributed by atoms with Crippen molar-refractivity contribution in [3.63, 3.8) is 0 Å². The smallest absolute Gasteiger partial charge is 0.241 e. The summed E-state index contributed by atoms with van der Waals surface area (Å²) in [6, 6.07) is 12.6. The van der Waals surface area contributed by atoms with Gasteiger partial charge >= 0.3 is 0 Å². The standard InChI is InChI=1S/C22H30N2O5S/c1-5-17-8-11-19(12-9-17)24(30(4,26)27)16-22(25)23-15-18-10-13-20(28-6-2)21(14-18)29-7-3/h8-14H,5-7,15-16H2,1-4H3,(H,23,25). The fourth-order valence-electron chi connectivity index (χ4n) is 2.89. The van der Waals surface area contributed by atoms with Crippen LogP contribution >= 0.6 is 0 Å². The van der Waals surface area contributed by atoms with Crippen LogP contribution in [0, 0.1) is 0 Å². The summed E-state index contributed by atoms with van der Waals surface area (Å²) >= 11 is 0. The van der Waals surface area contributed by atoms with Gasteiger partial charge in [0.25, 0.3) is 0 Å². The molecule has 0 radical (unpaired) electrons. The number of aryl methyl sites for hydroxylation is 1. The highest BCUT2D eigenvalue weighted by Gasteiger charge is 2.20. The Morgan fingerprint density at radius 3 is 2.10 bits per heavy atom.